The van der Waals surface area contributed by atoms with Crippen LogP contribution < -0.4 is 11.3 Å². The molecule has 1 atom stereocenters. The van der Waals surface area contributed by atoms with Gasteiger partial charge in [0.05, 0.1) is 11.7 Å². The highest BCUT2D eigenvalue weighted by molar-refractivity contribution is 5.08. The lowest BCUT2D eigenvalue weighted by Crippen LogP contribution is -2.30. The molecule has 2 aromatic rings. The van der Waals surface area contributed by atoms with Gasteiger partial charge in [-0.1, -0.05) is 0 Å². The van der Waals surface area contributed by atoms with Crippen molar-refractivity contribution < 1.29 is 0 Å². The van der Waals surface area contributed by atoms with Gasteiger partial charge >= 0.3 is 0 Å². The van der Waals surface area contributed by atoms with E-state index < -0.39 is 0 Å². The summed E-state index contributed by atoms with van der Waals surface area (Å²) in [5, 5.41) is 8.30. The van der Waals surface area contributed by atoms with Gasteiger partial charge in [-0.15, -0.1) is 0 Å². The molecule has 2 heterocycles. The minimum atomic E-state index is 0.109. The molecule has 2 rings (SSSR count). The molecule has 92 valence electrons. The van der Waals surface area contributed by atoms with Crippen LogP contribution in [0.2, 0.25) is 0 Å². The molecule has 3 N–H and O–H groups in total. The quantitative estimate of drug-likeness (QED) is 0.576. The Hall–Kier alpha value is -1.66. The van der Waals surface area contributed by atoms with Crippen molar-refractivity contribution in [1.82, 2.24) is 25.0 Å². The molecular formula is C11H18N6. The molecule has 6 heteroatoms. The van der Waals surface area contributed by atoms with Crippen LogP contribution in [0.1, 0.15) is 23.9 Å². The number of aromatic nitrogens is 4. The first kappa shape index (κ1) is 11.8. The maximum Gasteiger partial charge on any atom is 0.0632 e. The Labute approximate surface area is 100 Å². The van der Waals surface area contributed by atoms with Crippen molar-refractivity contribution in [2.45, 2.75) is 18.9 Å². The van der Waals surface area contributed by atoms with E-state index in [1.54, 1.807) is 6.20 Å². The molecule has 0 saturated heterocycles. The highest BCUT2D eigenvalue weighted by Gasteiger charge is 2.13. The van der Waals surface area contributed by atoms with Crippen LogP contribution in [-0.4, -0.2) is 19.6 Å². The number of nitrogens with one attached hydrogen (secondary N) is 1. The first-order chi connectivity index (χ1) is 8.22. The van der Waals surface area contributed by atoms with Gasteiger partial charge in [0, 0.05) is 32.2 Å². The van der Waals surface area contributed by atoms with Gasteiger partial charge in [0.1, 0.15) is 0 Å². The molecule has 0 aromatic carbocycles. The number of aryl methyl sites for hydroxylation is 3. The molecular weight excluding hydrogens is 216 g/mol. The lowest BCUT2D eigenvalue weighted by molar-refractivity contribution is 0.474. The molecule has 0 aliphatic rings. The van der Waals surface area contributed by atoms with Crippen LogP contribution >= 0.6 is 0 Å². The minimum Gasteiger partial charge on any atom is -0.273 e. The summed E-state index contributed by atoms with van der Waals surface area (Å²) < 4.78 is 3.73. The summed E-state index contributed by atoms with van der Waals surface area (Å²) in [5.41, 5.74) is 5.13. The van der Waals surface area contributed by atoms with Crippen LogP contribution in [0, 0.1) is 0 Å². The van der Waals surface area contributed by atoms with E-state index in [0.29, 0.717) is 0 Å². The number of rotatable bonds is 5. The molecule has 0 fully saturated rings. The fourth-order valence-electron chi connectivity index (χ4n) is 1.98. The second-order valence-electron chi connectivity index (χ2n) is 4.08. The summed E-state index contributed by atoms with van der Waals surface area (Å²) in [6.45, 7) is 0. The lowest BCUT2D eigenvalue weighted by atomic mass is 10.1. The van der Waals surface area contributed by atoms with Crippen molar-refractivity contribution in [3.8, 4) is 0 Å². The largest absolute Gasteiger partial charge is 0.273 e. The highest BCUT2D eigenvalue weighted by Crippen LogP contribution is 2.17. The zero-order valence-corrected chi connectivity index (χ0v) is 10.2. The average molecular weight is 234 g/mol. The molecule has 0 radical (unpaired) electrons. The number of hydrazine groups is 1. The fraction of sp³-hybridized carbons (Fsp3) is 0.455. The van der Waals surface area contributed by atoms with Crippen LogP contribution in [0.25, 0.3) is 0 Å². The van der Waals surface area contributed by atoms with E-state index in [2.05, 4.69) is 15.6 Å². The number of hydrogen-bond acceptors (Lipinski definition) is 4. The topological polar surface area (TPSA) is 73.7 Å². The summed E-state index contributed by atoms with van der Waals surface area (Å²) >= 11 is 0. The monoisotopic (exact) mass is 234 g/mol. The molecule has 6 nitrogen and oxygen atoms in total. The Balaban J connectivity index is 2.02. The molecule has 1 unspecified atom stereocenters. The van der Waals surface area contributed by atoms with Gasteiger partial charge in [-0.3, -0.25) is 20.6 Å². The van der Waals surface area contributed by atoms with Crippen molar-refractivity contribution in [3.63, 3.8) is 0 Å². The third-order valence-corrected chi connectivity index (χ3v) is 3.03. The lowest BCUT2D eigenvalue weighted by Gasteiger charge is -2.16. The third kappa shape index (κ3) is 2.54. The van der Waals surface area contributed by atoms with Crippen molar-refractivity contribution in [2.75, 3.05) is 0 Å². The molecule has 0 saturated carbocycles. The van der Waals surface area contributed by atoms with Crippen LogP contribution in [0.5, 0.6) is 0 Å². The van der Waals surface area contributed by atoms with Gasteiger partial charge in [0.25, 0.3) is 0 Å². The smallest absolute Gasteiger partial charge is 0.0632 e. The van der Waals surface area contributed by atoms with Gasteiger partial charge in [-0.25, -0.2) is 0 Å². The molecule has 0 spiro atoms. The third-order valence-electron chi connectivity index (χ3n) is 3.03. The predicted octanol–water partition coefficient (Wildman–Crippen LogP) is 0.291. The standard InChI is InChI=1S/C11H18N6/c1-16-9(5-7-13-16)3-4-10(15-12)11-6-8-14-17(11)2/h5-8,10,15H,3-4,12H2,1-2H3. The second kappa shape index (κ2) is 5.11. The number of hydrogen-bond donors (Lipinski definition) is 2. The summed E-state index contributed by atoms with van der Waals surface area (Å²) in [7, 11) is 3.87. The van der Waals surface area contributed by atoms with E-state index in [4.69, 9.17) is 5.84 Å². The molecule has 2 aromatic heterocycles. The van der Waals surface area contributed by atoms with Crippen molar-refractivity contribution in [2.24, 2.45) is 19.9 Å². The maximum absolute atomic E-state index is 5.60. The van der Waals surface area contributed by atoms with Crippen molar-refractivity contribution in [3.05, 3.63) is 35.9 Å². The number of nitrogens with zero attached hydrogens (tertiary/aromatic N) is 4. The second-order valence-corrected chi connectivity index (χ2v) is 4.08. The van der Waals surface area contributed by atoms with Crippen LogP contribution in [0.15, 0.2) is 24.5 Å². The van der Waals surface area contributed by atoms with E-state index in [-0.39, 0.29) is 6.04 Å². The van der Waals surface area contributed by atoms with Gasteiger partial charge in [0.15, 0.2) is 0 Å². The van der Waals surface area contributed by atoms with E-state index in [9.17, 15) is 0 Å². The first-order valence-electron chi connectivity index (χ1n) is 5.63. The summed E-state index contributed by atoms with van der Waals surface area (Å²) in [6, 6.07) is 4.11. The molecule has 17 heavy (non-hydrogen) atoms. The highest BCUT2D eigenvalue weighted by atomic mass is 15.3. The van der Waals surface area contributed by atoms with Gasteiger partial charge < -0.3 is 0 Å². The van der Waals surface area contributed by atoms with Gasteiger partial charge in [0.2, 0.25) is 0 Å². The Morgan fingerprint density at radius 1 is 1.24 bits per heavy atom. The minimum absolute atomic E-state index is 0.109. The maximum atomic E-state index is 5.60. The normalized spacial score (nSPS) is 12.9. The zero-order valence-electron chi connectivity index (χ0n) is 10.2. The summed E-state index contributed by atoms with van der Waals surface area (Å²) in [6.07, 6.45) is 5.43. The molecule has 0 aliphatic heterocycles. The average Bonchev–Trinajstić information content (AvgIpc) is 2.90. The Morgan fingerprint density at radius 3 is 2.47 bits per heavy atom. The Morgan fingerprint density at radius 2 is 1.94 bits per heavy atom. The van der Waals surface area contributed by atoms with Crippen LogP contribution in [-0.2, 0) is 20.5 Å². The molecule has 0 aliphatic carbocycles. The first-order valence-corrected chi connectivity index (χ1v) is 5.63. The van der Waals surface area contributed by atoms with Gasteiger partial charge in [-0.05, 0) is 25.0 Å². The van der Waals surface area contributed by atoms with Crippen molar-refractivity contribution >= 4 is 0 Å². The Kier molecular flexibility index (Phi) is 3.55. The summed E-state index contributed by atoms with van der Waals surface area (Å²) in [4.78, 5) is 0. The predicted molar refractivity (Wildman–Crippen MR) is 64.8 cm³/mol. The van der Waals surface area contributed by atoms with E-state index in [1.165, 1.54) is 5.69 Å². The summed E-state index contributed by atoms with van der Waals surface area (Å²) in [5.74, 6) is 5.60. The zero-order chi connectivity index (χ0) is 12.3. The SMILES string of the molecule is Cn1nccc1CCC(NN)c1ccnn1C. The van der Waals surface area contributed by atoms with E-state index >= 15 is 0 Å². The van der Waals surface area contributed by atoms with Gasteiger partial charge in [-0.2, -0.15) is 10.2 Å². The van der Waals surface area contributed by atoms with Crippen LogP contribution in [0.4, 0.5) is 0 Å². The van der Waals surface area contributed by atoms with E-state index in [0.717, 1.165) is 18.5 Å². The molecule has 0 amide bonds. The fourth-order valence-corrected chi connectivity index (χ4v) is 1.98. The molecule has 0 bridgehead atoms. The number of nitrogens with two attached hydrogens (primary N) is 1. The van der Waals surface area contributed by atoms with E-state index in [1.807, 2.05) is 41.8 Å². The van der Waals surface area contributed by atoms with Crippen molar-refractivity contribution in [1.29, 1.82) is 0 Å². The van der Waals surface area contributed by atoms with Crippen LogP contribution in [0.3, 0.4) is 0 Å². The Bertz CT molecular complexity index is 472.